The number of anilines is 1. The molecule has 18 nitrogen and oxygen atoms in total. The fourth-order valence-corrected chi connectivity index (χ4v) is 9.65. The molecule has 0 fully saturated rings. The van der Waals surface area contributed by atoms with Crippen molar-refractivity contribution < 1.29 is 55.6 Å². The number of unbranched alkanes of at least 4 members (excludes halogenated alkanes) is 2. The first-order valence-electron chi connectivity index (χ1n) is 26.5. The monoisotopic (exact) mass is 1090 g/mol. The van der Waals surface area contributed by atoms with Gasteiger partial charge in [-0.25, -0.2) is 4.58 Å². The van der Waals surface area contributed by atoms with Gasteiger partial charge in [0.15, 0.2) is 5.78 Å². The number of Topliss-reactive ketones (excluding diaryl/α,β-unsaturated/α-hetero) is 1. The van der Waals surface area contributed by atoms with Crippen LogP contribution in [0.1, 0.15) is 118 Å². The molecule has 420 valence electrons. The number of carbonyl (C=O) groups is 6. The van der Waals surface area contributed by atoms with Gasteiger partial charge in [0.05, 0.1) is 31.0 Å². The van der Waals surface area contributed by atoms with Crippen molar-refractivity contribution in [2.75, 3.05) is 44.8 Å². The number of nitrogens with zero attached hydrogens (tertiary/aromatic N) is 2. The summed E-state index contributed by atoms with van der Waals surface area (Å²) in [6.45, 7) is 19.3. The SMILES string of the molecule is CCC(NC(=O)CNC(=O)CCCCCN1/C(=C/C=C/C=C/c2cc(C(C)(C)C)c3ccc(=[N+](CC)CC)cc-3o2)C(C)(C)c2cc(S(=O)(=O)O)ccc21)C(=O)NC(C)C(=O)NC(CC(=O)OC)C(=O)COc1ccccc1. The van der Waals surface area contributed by atoms with Gasteiger partial charge in [-0.3, -0.25) is 33.3 Å². The zero-order valence-corrected chi connectivity index (χ0v) is 47.4. The van der Waals surface area contributed by atoms with Crippen LogP contribution in [0.5, 0.6) is 5.75 Å². The highest BCUT2D eigenvalue weighted by molar-refractivity contribution is 7.85. The second kappa shape index (κ2) is 27.8. The van der Waals surface area contributed by atoms with E-state index in [0.29, 0.717) is 37.3 Å². The molecule has 5 rings (SSSR count). The Labute approximate surface area is 458 Å². The summed E-state index contributed by atoms with van der Waals surface area (Å²) in [5, 5.41) is 11.3. The first kappa shape index (κ1) is 61.5. The topological polar surface area (TPSA) is 243 Å². The normalized spacial score (nSPS) is 14.9. The Hall–Kier alpha value is -7.38. The Morgan fingerprint density at radius 2 is 1.55 bits per heavy atom. The minimum atomic E-state index is -4.46. The van der Waals surface area contributed by atoms with E-state index in [0.717, 1.165) is 53.8 Å². The van der Waals surface area contributed by atoms with Crippen molar-refractivity contribution in [1.29, 1.82) is 0 Å². The van der Waals surface area contributed by atoms with Crippen molar-refractivity contribution in [3.63, 3.8) is 0 Å². The van der Waals surface area contributed by atoms with Crippen LogP contribution in [-0.2, 0) is 54.5 Å². The number of fused-ring (bicyclic) bond motifs is 2. The predicted octanol–water partition coefficient (Wildman–Crippen LogP) is 6.76. The third kappa shape index (κ3) is 16.8. The van der Waals surface area contributed by atoms with E-state index in [1.54, 1.807) is 43.3 Å². The number of esters is 1. The standard InChI is InChI=1S/C59H76N6O12S/c1-11-47(57(71)61-39(4)56(70)63-48(36-55(69)75-10)50(66)38-76-41-23-17-14-18-24-41)62-54(68)37-60-53(67)27-21-16-22-32-65-49-31-29-43(78(72,73)74)35-46(49)59(8,9)52(65)26-20-15-19-25-42-34-45(58(5,6)7)44-30-28-40(33-51(44)77-42)64(12-2)13-3/h14-15,17-20,23-26,28-31,33-35,39,47-48H,11-13,16,21-22,27,32,36-38H2,1-10H3,(H4-,60,61,62,63,67,68,70,71,72,73,74)/p+1. The number of hydrogen-bond donors (Lipinski definition) is 5. The van der Waals surface area contributed by atoms with Crippen molar-refractivity contribution in [2.45, 2.75) is 135 Å². The van der Waals surface area contributed by atoms with Crippen LogP contribution in [0.25, 0.3) is 17.4 Å². The lowest BCUT2D eigenvalue weighted by Crippen LogP contribution is -2.55. The van der Waals surface area contributed by atoms with E-state index in [1.165, 1.54) is 24.6 Å². The summed E-state index contributed by atoms with van der Waals surface area (Å²) in [5.41, 5.74) is 3.91. The van der Waals surface area contributed by atoms with Crippen molar-refractivity contribution >= 4 is 57.3 Å². The molecule has 0 radical (unpaired) electrons. The quantitative estimate of drug-likeness (QED) is 0.0144. The predicted molar refractivity (Wildman–Crippen MR) is 300 cm³/mol. The molecular formula is C59H77N6O12S+. The van der Waals surface area contributed by atoms with Crippen molar-refractivity contribution in [3.05, 3.63) is 125 Å². The number of allylic oxidation sites excluding steroid dienone is 5. The molecule has 5 N–H and O–H groups in total. The van der Waals surface area contributed by atoms with Crippen LogP contribution in [-0.4, -0.2) is 106 Å². The smallest absolute Gasteiger partial charge is 0.308 e. The molecule has 3 aliphatic rings. The summed E-state index contributed by atoms with van der Waals surface area (Å²) in [4.78, 5) is 79.0. The maximum Gasteiger partial charge on any atom is 0.308 e. The number of ketones is 1. The summed E-state index contributed by atoms with van der Waals surface area (Å²) >= 11 is 0. The number of para-hydroxylation sites is 1. The molecule has 19 heteroatoms. The molecule has 78 heavy (non-hydrogen) atoms. The minimum Gasteiger partial charge on any atom is -0.486 e. The highest BCUT2D eigenvalue weighted by Crippen LogP contribution is 2.48. The van der Waals surface area contributed by atoms with E-state index < -0.39 is 82.7 Å². The van der Waals surface area contributed by atoms with E-state index >= 15 is 0 Å². The van der Waals surface area contributed by atoms with Crippen LogP contribution >= 0.6 is 0 Å². The molecule has 1 aliphatic carbocycles. The van der Waals surface area contributed by atoms with Gasteiger partial charge in [-0.05, 0) is 111 Å². The molecular weight excluding hydrogens is 1020 g/mol. The van der Waals surface area contributed by atoms with E-state index in [4.69, 9.17) is 13.9 Å². The summed E-state index contributed by atoms with van der Waals surface area (Å²) in [7, 11) is -3.31. The Bertz CT molecular complexity index is 3040. The molecule has 0 spiro atoms. The summed E-state index contributed by atoms with van der Waals surface area (Å²) in [6, 6.07) is 18.1. The van der Waals surface area contributed by atoms with Crippen molar-refractivity contribution in [1.82, 2.24) is 25.8 Å². The van der Waals surface area contributed by atoms with Crippen LogP contribution in [0.15, 0.2) is 112 Å². The molecule has 0 saturated carbocycles. The van der Waals surface area contributed by atoms with Gasteiger partial charge in [-0.1, -0.05) is 84.4 Å². The Morgan fingerprint density at radius 1 is 0.833 bits per heavy atom. The number of ether oxygens (including phenoxy) is 2. The number of nitrogens with one attached hydrogen (secondary N) is 4. The van der Waals surface area contributed by atoms with Crippen LogP contribution in [0.2, 0.25) is 0 Å². The van der Waals surface area contributed by atoms with E-state index in [2.05, 4.69) is 89.6 Å². The Morgan fingerprint density at radius 3 is 2.21 bits per heavy atom. The molecule has 3 unspecified atom stereocenters. The van der Waals surface area contributed by atoms with Gasteiger partial charge in [0.1, 0.15) is 55.1 Å². The molecule has 2 heterocycles. The molecule has 3 atom stereocenters. The maximum absolute atomic E-state index is 13.2. The van der Waals surface area contributed by atoms with Gasteiger partial charge in [0.2, 0.25) is 29.0 Å². The van der Waals surface area contributed by atoms with Gasteiger partial charge >= 0.3 is 5.97 Å². The number of carbonyl (C=O) groups excluding carboxylic acids is 6. The van der Waals surface area contributed by atoms with Crippen LogP contribution in [0.3, 0.4) is 0 Å². The molecule has 0 bridgehead atoms. The second-order valence-corrected chi connectivity index (χ2v) is 22.1. The van der Waals surface area contributed by atoms with E-state index in [-0.39, 0.29) is 29.1 Å². The number of hydrogen-bond acceptors (Lipinski definition) is 12. The Balaban J connectivity index is 1.15. The molecule has 0 aromatic heterocycles. The van der Waals surface area contributed by atoms with Crippen LogP contribution in [0, 0.1) is 0 Å². The van der Waals surface area contributed by atoms with E-state index in [1.807, 2.05) is 44.2 Å². The highest BCUT2D eigenvalue weighted by atomic mass is 32.2. The number of methoxy groups -OCH3 is 1. The Kier molecular flexibility index (Phi) is 21.9. The molecule has 0 saturated heterocycles. The third-order valence-corrected chi connectivity index (χ3v) is 14.4. The lowest BCUT2D eigenvalue weighted by molar-refractivity contribution is -0.143. The fraction of sp³-hybridized carbons (Fsp3) is 0.441. The van der Waals surface area contributed by atoms with Crippen LogP contribution < -0.4 is 40.8 Å². The lowest BCUT2D eigenvalue weighted by atomic mass is 9.83. The average Bonchev–Trinajstić information content (AvgIpc) is 3.75. The zero-order valence-electron chi connectivity index (χ0n) is 46.6. The van der Waals surface area contributed by atoms with Gasteiger partial charge in [-0.2, -0.15) is 8.42 Å². The second-order valence-electron chi connectivity index (χ2n) is 20.6. The highest BCUT2D eigenvalue weighted by Gasteiger charge is 2.40. The first-order valence-corrected chi connectivity index (χ1v) is 27.9. The van der Waals surface area contributed by atoms with Crippen molar-refractivity contribution in [3.8, 4) is 17.1 Å². The zero-order chi connectivity index (χ0) is 57.4. The maximum atomic E-state index is 13.2. The number of rotatable bonds is 26. The average molecular weight is 1090 g/mol. The van der Waals surface area contributed by atoms with Gasteiger partial charge < -0.3 is 40.1 Å². The first-order chi connectivity index (χ1) is 36.9. The summed E-state index contributed by atoms with van der Waals surface area (Å²) in [5.74, 6) is -1.83. The summed E-state index contributed by atoms with van der Waals surface area (Å²) < 4.78 is 53.3. The number of benzene rings is 3. The van der Waals surface area contributed by atoms with E-state index in [9.17, 15) is 41.7 Å². The summed E-state index contributed by atoms with van der Waals surface area (Å²) in [6.07, 6.45) is 11.3. The van der Waals surface area contributed by atoms with Gasteiger partial charge in [0.25, 0.3) is 10.1 Å². The van der Waals surface area contributed by atoms with Gasteiger partial charge in [-0.15, -0.1) is 0 Å². The third-order valence-electron chi connectivity index (χ3n) is 13.6. The van der Waals surface area contributed by atoms with Gasteiger partial charge in [0, 0.05) is 41.4 Å². The van der Waals surface area contributed by atoms with Crippen LogP contribution in [0.4, 0.5) is 5.69 Å². The molecule has 2 aliphatic heterocycles. The molecule has 4 amide bonds. The fourth-order valence-electron chi connectivity index (χ4n) is 9.14. The van der Waals surface area contributed by atoms with Crippen molar-refractivity contribution in [2.24, 2.45) is 0 Å². The molecule has 2 aromatic rings. The minimum absolute atomic E-state index is 0.130. The largest absolute Gasteiger partial charge is 0.486 e. The molecule has 2 aromatic carbocycles. The number of amides is 4. The lowest BCUT2D eigenvalue weighted by Gasteiger charge is -2.27.